The van der Waals surface area contributed by atoms with E-state index < -0.39 is 0 Å². The Morgan fingerprint density at radius 1 is 1.11 bits per heavy atom. The highest BCUT2D eigenvalue weighted by atomic mass is 16.5. The monoisotopic (exact) mass is 374 g/mol. The molecule has 1 amide bonds. The molecule has 0 N–H and O–H groups in total. The number of aromatic nitrogens is 2. The zero-order valence-corrected chi connectivity index (χ0v) is 16.7. The summed E-state index contributed by atoms with van der Waals surface area (Å²) in [6, 6.07) is 0.441. The minimum atomic E-state index is 0.218. The fraction of sp³-hybridized carbons (Fsp3) is 0.857. The van der Waals surface area contributed by atoms with E-state index in [0.717, 1.165) is 43.9 Å². The molecule has 1 aromatic heterocycles. The average Bonchev–Trinajstić information content (AvgIpc) is 3.36. The van der Waals surface area contributed by atoms with Gasteiger partial charge in [0.2, 0.25) is 11.8 Å². The highest BCUT2D eigenvalue weighted by molar-refractivity contribution is 5.77. The second-order valence-electron chi connectivity index (χ2n) is 8.76. The molecule has 0 spiro atoms. The quantitative estimate of drug-likeness (QED) is 0.764. The first-order valence-electron chi connectivity index (χ1n) is 11.1. The summed E-state index contributed by atoms with van der Waals surface area (Å²) in [6.07, 6.45) is 10.9. The van der Waals surface area contributed by atoms with Crippen LogP contribution in [-0.4, -0.2) is 58.1 Å². The first-order valence-corrected chi connectivity index (χ1v) is 11.1. The standard InChI is InChI=1S/C21H34N4O2/c1-2-11-24-12-9-16(10-13-24)14-19-22-21(27-23-19)17-7-8-20(26)25(15-17)18-5-3-4-6-18/h16-18H,2-15H2,1H3/t17-/m0/s1. The number of hydrogen-bond acceptors (Lipinski definition) is 5. The van der Waals surface area contributed by atoms with E-state index in [1.54, 1.807) is 0 Å². The molecule has 3 aliphatic rings. The maximum atomic E-state index is 12.4. The van der Waals surface area contributed by atoms with Gasteiger partial charge in [0.15, 0.2) is 5.82 Å². The molecule has 6 heteroatoms. The van der Waals surface area contributed by atoms with Crippen LogP contribution in [0.15, 0.2) is 4.52 Å². The summed E-state index contributed by atoms with van der Waals surface area (Å²) < 4.78 is 5.64. The van der Waals surface area contributed by atoms with Gasteiger partial charge in [-0.3, -0.25) is 4.79 Å². The van der Waals surface area contributed by atoms with Gasteiger partial charge in [-0.15, -0.1) is 0 Å². The number of hydrogen-bond donors (Lipinski definition) is 0. The van der Waals surface area contributed by atoms with Gasteiger partial charge in [-0.2, -0.15) is 4.98 Å². The molecule has 6 nitrogen and oxygen atoms in total. The van der Waals surface area contributed by atoms with Crippen molar-refractivity contribution in [2.75, 3.05) is 26.2 Å². The Labute approximate surface area is 162 Å². The van der Waals surface area contributed by atoms with Crippen molar-refractivity contribution in [3.63, 3.8) is 0 Å². The molecule has 1 aliphatic carbocycles. The van der Waals surface area contributed by atoms with E-state index in [1.807, 2.05) is 0 Å². The number of nitrogens with zero attached hydrogens (tertiary/aromatic N) is 4. The van der Waals surface area contributed by atoms with Crippen molar-refractivity contribution in [3.05, 3.63) is 11.7 Å². The summed E-state index contributed by atoms with van der Waals surface area (Å²) in [5, 5.41) is 4.28. The van der Waals surface area contributed by atoms with Crippen LogP contribution >= 0.6 is 0 Å². The Balaban J connectivity index is 1.32. The van der Waals surface area contributed by atoms with Gasteiger partial charge in [0.1, 0.15) is 0 Å². The molecule has 3 fully saturated rings. The summed E-state index contributed by atoms with van der Waals surface area (Å²) in [5.41, 5.74) is 0. The number of piperidine rings is 2. The molecule has 0 radical (unpaired) electrons. The first-order chi connectivity index (χ1) is 13.2. The third kappa shape index (κ3) is 4.53. The van der Waals surface area contributed by atoms with Gasteiger partial charge < -0.3 is 14.3 Å². The Hall–Kier alpha value is -1.43. The summed E-state index contributed by atoms with van der Waals surface area (Å²) in [7, 11) is 0. The van der Waals surface area contributed by atoms with E-state index in [-0.39, 0.29) is 5.92 Å². The number of likely N-dealkylation sites (tertiary alicyclic amines) is 2. The second kappa shape index (κ2) is 8.72. The topological polar surface area (TPSA) is 62.5 Å². The van der Waals surface area contributed by atoms with Crippen LogP contribution < -0.4 is 0 Å². The fourth-order valence-electron chi connectivity index (χ4n) is 5.15. The SMILES string of the molecule is CCCN1CCC(Cc2noc([C@H]3CCC(=O)N(C4CCCC4)C3)n2)CC1. The Morgan fingerprint density at radius 3 is 2.63 bits per heavy atom. The van der Waals surface area contributed by atoms with Crippen LogP contribution in [-0.2, 0) is 11.2 Å². The van der Waals surface area contributed by atoms with E-state index in [4.69, 9.17) is 9.51 Å². The summed E-state index contributed by atoms with van der Waals surface area (Å²) in [4.78, 5) is 21.8. The molecule has 4 rings (SSSR count). The summed E-state index contributed by atoms with van der Waals surface area (Å²) >= 11 is 0. The van der Waals surface area contributed by atoms with Gasteiger partial charge in [-0.05, 0) is 64.1 Å². The van der Waals surface area contributed by atoms with Crippen LogP contribution in [0.25, 0.3) is 0 Å². The molecule has 2 saturated heterocycles. The molecule has 27 heavy (non-hydrogen) atoms. The third-order valence-corrected chi connectivity index (χ3v) is 6.76. The molecule has 1 atom stereocenters. The van der Waals surface area contributed by atoms with E-state index in [2.05, 4.69) is 21.9 Å². The predicted octanol–water partition coefficient (Wildman–Crippen LogP) is 3.38. The van der Waals surface area contributed by atoms with Gasteiger partial charge in [-0.25, -0.2) is 0 Å². The molecule has 150 valence electrons. The van der Waals surface area contributed by atoms with Crippen LogP contribution in [0.4, 0.5) is 0 Å². The van der Waals surface area contributed by atoms with Crippen LogP contribution in [0.2, 0.25) is 0 Å². The number of amides is 1. The van der Waals surface area contributed by atoms with Gasteiger partial charge in [0.05, 0.1) is 5.92 Å². The van der Waals surface area contributed by atoms with Crippen molar-refractivity contribution in [2.45, 2.75) is 83.1 Å². The highest BCUT2D eigenvalue weighted by Gasteiger charge is 2.35. The van der Waals surface area contributed by atoms with Crippen LogP contribution in [0, 0.1) is 5.92 Å². The normalized spacial score (nSPS) is 26.2. The smallest absolute Gasteiger partial charge is 0.231 e. The maximum Gasteiger partial charge on any atom is 0.231 e. The minimum Gasteiger partial charge on any atom is -0.339 e. The lowest BCUT2D eigenvalue weighted by atomic mass is 9.93. The zero-order chi connectivity index (χ0) is 18.6. The van der Waals surface area contributed by atoms with E-state index in [1.165, 1.54) is 51.7 Å². The van der Waals surface area contributed by atoms with E-state index >= 15 is 0 Å². The number of carbonyl (C=O) groups excluding carboxylic acids is 1. The van der Waals surface area contributed by atoms with Crippen LogP contribution in [0.1, 0.15) is 82.3 Å². The van der Waals surface area contributed by atoms with Crippen LogP contribution in [0.5, 0.6) is 0 Å². The van der Waals surface area contributed by atoms with Crippen molar-refractivity contribution in [1.82, 2.24) is 19.9 Å². The lowest BCUT2D eigenvalue weighted by Crippen LogP contribution is -2.44. The molecule has 2 aliphatic heterocycles. The van der Waals surface area contributed by atoms with Crippen molar-refractivity contribution < 1.29 is 9.32 Å². The van der Waals surface area contributed by atoms with Gasteiger partial charge in [0, 0.05) is 25.4 Å². The Morgan fingerprint density at radius 2 is 1.89 bits per heavy atom. The average molecular weight is 375 g/mol. The summed E-state index contributed by atoms with van der Waals surface area (Å²) in [5.74, 6) is 2.83. The fourth-order valence-corrected chi connectivity index (χ4v) is 5.15. The largest absolute Gasteiger partial charge is 0.339 e. The van der Waals surface area contributed by atoms with Crippen molar-refractivity contribution >= 4 is 5.91 Å². The molecule has 1 saturated carbocycles. The first kappa shape index (κ1) is 18.9. The lowest BCUT2D eigenvalue weighted by Gasteiger charge is -2.35. The Bertz CT molecular complexity index is 617. The minimum absolute atomic E-state index is 0.218. The molecule has 3 heterocycles. The summed E-state index contributed by atoms with van der Waals surface area (Å²) in [6.45, 7) is 6.63. The Kier molecular flexibility index (Phi) is 6.11. The highest BCUT2D eigenvalue weighted by Crippen LogP contribution is 2.32. The van der Waals surface area contributed by atoms with E-state index in [0.29, 0.717) is 24.3 Å². The van der Waals surface area contributed by atoms with Crippen molar-refractivity contribution in [2.24, 2.45) is 5.92 Å². The van der Waals surface area contributed by atoms with Crippen LogP contribution in [0.3, 0.4) is 0 Å². The number of rotatable bonds is 6. The molecule has 1 aromatic rings. The maximum absolute atomic E-state index is 12.4. The lowest BCUT2D eigenvalue weighted by molar-refractivity contribution is -0.136. The zero-order valence-electron chi connectivity index (χ0n) is 16.7. The van der Waals surface area contributed by atoms with Gasteiger partial charge >= 0.3 is 0 Å². The van der Waals surface area contributed by atoms with Crippen molar-refractivity contribution in [3.8, 4) is 0 Å². The predicted molar refractivity (Wildman–Crippen MR) is 103 cm³/mol. The van der Waals surface area contributed by atoms with Gasteiger partial charge in [-0.1, -0.05) is 24.9 Å². The molecule has 0 unspecified atom stereocenters. The molecule has 0 aromatic carbocycles. The number of carbonyl (C=O) groups is 1. The van der Waals surface area contributed by atoms with Crippen molar-refractivity contribution in [1.29, 1.82) is 0 Å². The molecular weight excluding hydrogens is 340 g/mol. The molecular formula is C21H34N4O2. The molecule has 0 bridgehead atoms. The van der Waals surface area contributed by atoms with Gasteiger partial charge in [0.25, 0.3) is 0 Å². The van der Waals surface area contributed by atoms with E-state index in [9.17, 15) is 4.79 Å². The third-order valence-electron chi connectivity index (χ3n) is 6.76. The second-order valence-corrected chi connectivity index (χ2v) is 8.76.